The summed E-state index contributed by atoms with van der Waals surface area (Å²) in [6.45, 7) is 4.82. The fraction of sp³-hybridized carbons (Fsp3) is 0.786. The van der Waals surface area contributed by atoms with Crippen molar-refractivity contribution in [1.82, 2.24) is 10.6 Å². The molecule has 0 unspecified atom stereocenters. The summed E-state index contributed by atoms with van der Waals surface area (Å²) in [7, 11) is 0. The van der Waals surface area contributed by atoms with Crippen LogP contribution in [-0.4, -0.2) is 40.8 Å². The predicted octanol–water partition coefficient (Wildman–Crippen LogP) is 1.82. The van der Waals surface area contributed by atoms with Crippen LogP contribution in [-0.2, 0) is 9.59 Å². The number of unbranched alkanes of at least 4 members (excludes halogenated alkanes) is 3. The maximum Gasteiger partial charge on any atom is 0.326 e. The maximum absolute atomic E-state index is 11.4. The van der Waals surface area contributed by atoms with Gasteiger partial charge in [0.05, 0.1) is 6.42 Å². The second-order valence-electron chi connectivity index (χ2n) is 5.49. The Balaban J connectivity index is 3.73. The van der Waals surface area contributed by atoms with E-state index in [1.165, 1.54) is 12.8 Å². The quantitative estimate of drug-likeness (QED) is 0.434. The van der Waals surface area contributed by atoms with Crippen LogP contribution in [0.4, 0.5) is 4.79 Å². The van der Waals surface area contributed by atoms with Crippen molar-refractivity contribution in [2.24, 2.45) is 5.92 Å². The summed E-state index contributed by atoms with van der Waals surface area (Å²) in [5, 5.41) is 22.0. The maximum atomic E-state index is 11.4. The first kappa shape index (κ1) is 19.2. The molecular weight excluding hydrogens is 276 g/mol. The molecule has 21 heavy (non-hydrogen) atoms. The molecule has 1 atom stereocenters. The number of carboxylic acids is 2. The van der Waals surface area contributed by atoms with Gasteiger partial charge in [0.25, 0.3) is 0 Å². The molecule has 0 aromatic carbocycles. The summed E-state index contributed by atoms with van der Waals surface area (Å²) >= 11 is 0. The van der Waals surface area contributed by atoms with E-state index >= 15 is 0 Å². The molecule has 0 rings (SSSR count). The third kappa shape index (κ3) is 11.7. The van der Waals surface area contributed by atoms with E-state index in [1.807, 2.05) is 0 Å². The van der Waals surface area contributed by atoms with Gasteiger partial charge < -0.3 is 20.8 Å². The fourth-order valence-electron chi connectivity index (χ4n) is 1.82. The highest BCUT2D eigenvalue weighted by Gasteiger charge is 2.22. The number of nitrogens with one attached hydrogen (secondary N) is 2. The Hall–Kier alpha value is -1.79. The summed E-state index contributed by atoms with van der Waals surface area (Å²) < 4.78 is 0. The van der Waals surface area contributed by atoms with Crippen LogP contribution in [0, 0.1) is 5.92 Å². The Kier molecular flexibility index (Phi) is 10.0. The highest BCUT2D eigenvalue weighted by molar-refractivity contribution is 5.86. The molecule has 0 heterocycles. The lowest BCUT2D eigenvalue weighted by molar-refractivity contribution is -0.145. The summed E-state index contributed by atoms with van der Waals surface area (Å²) in [6.07, 6.45) is 4.66. The van der Waals surface area contributed by atoms with E-state index in [9.17, 15) is 14.4 Å². The average Bonchev–Trinajstić information content (AvgIpc) is 2.35. The van der Waals surface area contributed by atoms with Crippen LogP contribution in [0.25, 0.3) is 0 Å². The van der Waals surface area contributed by atoms with Crippen molar-refractivity contribution in [1.29, 1.82) is 0 Å². The van der Waals surface area contributed by atoms with Crippen LogP contribution < -0.4 is 10.6 Å². The van der Waals surface area contributed by atoms with Crippen molar-refractivity contribution in [3.8, 4) is 0 Å². The monoisotopic (exact) mass is 302 g/mol. The van der Waals surface area contributed by atoms with Crippen LogP contribution in [0.5, 0.6) is 0 Å². The Morgan fingerprint density at radius 1 is 1.00 bits per heavy atom. The molecule has 0 aromatic rings. The smallest absolute Gasteiger partial charge is 0.326 e. The zero-order valence-electron chi connectivity index (χ0n) is 12.7. The van der Waals surface area contributed by atoms with Crippen LogP contribution in [0.2, 0.25) is 0 Å². The molecule has 0 saturated heterocycles. The lowest BCUT2D eigenvalue weighted by Gasteiger charge is -2.13. The minimum atomic E-state index is -1.41. The van der Waals surface area contributed by atoms with E-state index in [0.29, 0.717) is 12.5 Å². The van der Waals surface area contributed by atoms with E-state index in [0.717, 1.165) is 19.3 Å². The molecule has 0 aliphatic heterocycles. The van der Waals surface area contributed by atoms with Gasteiger partial charge in [-0.15, -0.1) is 0 Å². The summed E-state index contributed by atoms with van der Waals surface area (Å²) in [5.74, 6) is -1.93. The van der Waals surface area contributed by atoms with E-state index < -0.39 is 30.4 Å². The van der Waals surface area contributed by atoms with Gasteiger partial charge in [-0.1, -0.05) is 39.5 Å². The average molecular weight is 302 g/mol. The van der Waals surface area contributed by atoms with Gasteiger partial charge in [0.2, 0.25) is 0 Å². The first-order valence-electron chi connectivity index (χ1n) is 7.32. The van der Waals surface area contributed by atoms with Crippen molar-refractivity contribution >= 4 is 18.0 Å². The lowest BCUT2D eigenvalue weighted by atomic mass is 10.0. The molecule has 0 spiro atoms. The number of carboxylic acid groups (broad SMARTS) is 2. The standard InChI is InChI=1S/C14H26N2O5/c1-10(2)7-5-3-4-6-8-15-14(21)16-11(13(19)20)9-12(17)18/h10-11H,3-9H2,1-2H3,(H,17,18)(H,19,20)(H2,15,16,21)/t11-/m1/s1. The third-order valence-electron chi connectivity index (χ3n) is 2.98. The summed E-state index contributed by atoms with van der Waals surface area (Å²) in [4.78, 5) is 32.7. The third-order valence-corrected chi connectivity index (χ3v) is 2.98. The number of carbonyl (C=O) groups excluding carboxylic acids is 1. The number of rotatable bonds is 11. The molecule has 0 radical (unpaired) electrons. The first-order chi connectivity index (χ1) is 9.82. The number of aliphatic carboxylic acids is 2. The predicted molar refractivity (Wildman–Crippen MR) is 78.1 cm³/mol. The topological polar surface area (TPSA) is 116 Å². The first-order valence-corrected chi connectivity index (χ1v) is 7.32. The lowest BCUT2D eigenvalue weighted by Crippen LogP contribution is -2.47. The zero-order chi connectivity index (χ0) is 16.3. The molecule has 2 amide bonds. The number of carbonyl (C=O) groups is 3. The van der Waals surface area contributed by atoms with E-state index in [1.54, 1.807) is 0 Å². The highest BCUT2D eigenvalue weighted by Crippen LogP contribution is 2.08. The molecule has 0 aliphatic rings. The van der Waals surface area contributed by atoms with Crippen LogP contribution in [0.1, 0.15) is 52.4 Å². The van der Waals surface area contributed by atoms with Crippen molar-refractivity contribution in [2.45, 2.75) is 58.4 Å². The molecular formula is C14H26N2O5. The molecule has 0 saturated carbocycles. The Bertz CT molecular complexity index is 344. The Morgan fingerprint density at radius 3 is 2.14 bits per heavy atom. The van der Waals surface area contributed by atoms with Gasteiger partial charge in [0, 0.05) is 6.54 Å². The number of hydrogen-bond donors (Lipinski definition) is 4. The van der Waals surface area contributed by atoms with Crippen LogP contribution >= 0.6 is 0 Å². The van der Waals surface area contributed by atoms with Crippen molar-refractivity contribution < 1.29 is 24.6 Å². The minimum absolute atomic E-state index is 0.451. The van der Waals surface area contributed by atoms with Gasteiger partial charge in [0.15, 0.2) is 0 Å². The Morgan fingerprint density at radius 2 is 1.62 bits per heavy atom. The molecule has 0 aromatic heterocycles. The Labute approximate surface area is 125 Å². The largest absolute Gasteiger partial charge is 0.481 e. The summed E-state index contributed by atoms with van der Waals surface area (Å²) in [5.41, 5.74) is 0. The highest BCUT2D eigenvalue weighted by atomic mass is 16.4. The number of hydrogen-bond acceptors (Lipinski definition) is 3. The molecule has 0 fully saturated rings. The van der Waals surface area contributed by atoms with Crippen molar-refractivity contribution in [3.63, 3.8) is 0 Å². The molecule has 0 aliphatic carbocycles. The van der Waals surface area contributed by atoms with Crippen LogP contribution in [0.15, 0.2) is 0 Å². The van der Waals surface area contributed by atoms with Crippen molar-refractivity contribution in [3.05, 3.63) is 0 Å². The van der Waals surface area contributed by atoms with Gasteiger partial charge in [-0.25, -0.2) is 9.59 Å². The van der Waals surface area contributed by atoms with Gasteiger partial charge in [-0.05, 0) is 12.3 Å². The van der Waals surface area contributed by atoms with E-state index in [2.05, 4.69) is 24.5 Å². The van der Waals surface area contributed by atoms with E-state index in [-0.39, 0.29) is 0 Å². The fourth-order valence-corrected chi connectivity index (χ4v) is 1.82. The van der Waals surface area contributed by atoms with Gasteiger partial charge in [-0.2, -0.15) is 0 Å². The normalized spacial score (nSPS) is 12.0. The van der Waals surface area contributed by atoms with E-state index in [4.69, 9.17) is 10.2 Å². The molecule has 7 nitrogen and oxygen atoms in total. The van der Waals surface area contributed by atoms with Crippen molar-refractivity contribution in [2.75, 3.05) is 6.54 Å². The van der Waals surface area contributed by atoms with Gasteiger partial charge in [-0.3, -0.25) is 4.79 Å². The number of urea groups is 1. The second-order valence-corrected chi connectivity index (χ2v) is 5.49. The number of amides is 2. The molecule has 0 bridgehead atoms. The van der Waals surface area contributed by atoms with Gasteiger partial charge >= 0.3 is 18.0 Å². The molecule has 122 valence electrons. The SMILES string of the molecule is CC(C)CCCCCCNC(=O)N[C@H](CC(=O)O)C(=O)O. The van der Waals surface area contributed by atoms with Gasteiger partial charge in [0.1, 0.15) is 6.04 Å². The zero-order valence-corrected chi connectivity index (χ0v) is 12.7. The molecule has 7 heteroatoms. The minimum Gasteiger partial charge on any atom is -0.481 e. The second kappa shape index (κ2) is 10.9. The van der Waals surface area contributed by atoms with Crippen LogP contribution in [0.3, 0.4) is 0 Å². The molecule has 4 N–H and O–H groups in total. The summed E-state index contributed by atoms with van der Waals surface area (Å²) in [6, 6.07) is -2.06.